The molecule has 4 rings (SSSR count). The van der Waals surface area contributed by atoms with Gasteiger partial charge in [0.15, 0.2) is 5.69 Å². The average molecular weight is 351 g/mol. The molecule has 1 aromatic carbocycles. The van der Waals surface area contributed by atoms with E-state index in [1.165, 1.54) is 19.8 Å². The summed E-state index contributed by atoms with van der Waals surface area (Å²) in [6.45, 7) is 0.0962. The van der Waals surface area contributed by atoms with Crippen molar-refractivity contribution < 1.29 is 19.4 Å². The van der Waals surface area contributed by atoms with Crippen molar-refractivity contribution in [3.63, 3.8) is 0 Å². The molecule has 0 spiro atoms. The fourth-order valence-corrected chi connectivity index (χ4v) is 2.86. The van der Waals surface area contributed by atoms with Crippen LogP contribution in [0.3, 0.4) is 0 Å². The van der Waals surface area contributed by atoms with Crippen LogP contribution in [0.15, 0.2) is 36.9 Å². The number of carbonyl (C=O) groups is 1. The highest BCUT2D eigenvalue weighted by molar-refractivity contribution is 6.12. The number of aromatic nitrogens is 5. The first-order valence-corrected chi connectivity index (χ1v) is 7.64. The highest BCUT2D eigenvalue weighted by Crippen LogP contribution is 2.36. The number of nitrogens with one attached hydrogen (secondary N) is 1. The molecule has 0 unspecified atom stereocenters. The van der Waals surface area contributed by atoms with Crippen molar-refractivity contribution in [2.24, 2.45) is 0 Å². The molecule has 130 valence electrons. The lowest BCUT2D eigenvalue weighted by Crippen LogP contribution is -2.09. The molecule has 0 saturated heterocycles. The normalized spacial score (nSPS) is 11.1. The number of hydrogen-bond donors (Lipinski definition) is 2. The summed E-state index contributed by atoms with van der Waals surface area (Å²) in [6, 6.07) is 7.55. The Morgan fingerprint density at radius 1 is 1.23 bits per heavy atom. The molecule has 3 heterocycles. The zero-order chi connectivity index (χ0) is 18.1. The predicted octanol–water partition coefficient (Wildman–Crippen LogP) is 2.54. The van der Waals surface area contributed by atoms with E-state index in [1.807, 2.05) is 24.3 Å². The van der Waals surface area contributed by atoms with Gasteiger partial charge in [0.05, 0.1) is 6.61 Å². The average Bonchev–Trinajstić information content (AvgIpc) is 3.04. The molecule has 0 saturated carbocycles. The minimum absolute atomic E-state index is 0.0169. The number of benzene rings is 1. The van der Waals surface area contributed by atoms with Crippen LogP contribution in [0.4, 0.5) is 0 Å². The molecular weight excluding hydrogens is 338 g/mol. The van der Waals surface area contributed by atoms with Crippen molar-refractivity contribution >= 4 is 27.8 Å². The number of H-pyrrole nitrogens is 1. The van der Waals surface area contributed by atoms with E-state index in [4.69, 9.17) is 9.47 Å². The van der Waals surface area contributed by atoms with E-state index in [1.54, 1.807) is 0 Å². The van der Waals surface area contributed by atoms with Gasteiger partial charge in [-0.05, 0) is 6.07 Å². The number of pyridine rings is 1. The number of methoxy groups -OCH3 is 1. The molecule has 3 aromatic heterocycles. The van der Waals surface area contributed by atoms with Crippen LogP contribution in [-0.2, 0) is 11.3 Å². The monoisotopic (exact) mass is 351 g/mol. The number of carboxylic acids is 1. The van der Waals surface area contributed by atoms with Gasteiger partial charge >= 0.3 is 12.0 Å². The van der Waals surface area contributed by atoms with Crippen molar-refractivity contribution in [2.75, 3.05) is 7.11 Å². The number of aromatic carboxylic acids is 1. The SMILES string of the molecule is COCc1c(C(=O)O)nc(Oc2ncncn2)c2[nH]c3ccccc3c12. The van der Waals surface area contributed by atoms with Gasteiger partial charge in [0.1, 0.15) is 18.2 Å². The summed E-state index contributed by atoms with van der Waals surface area (Å²) >= 11 is 0. The van der Waals surface area contributed by atoms with Crippen LogP contribution in [0.25, 0.3) is 21.8 Å². The van der Waals surface area contributed by atoms with E-state index >= 15 is 0 Å². The topological polar surface area (TPSA) is 123 Å². The first kappa shape index (κ1) is 15.9. The van der Waals surface area contributed by atoms with E-state index in [0.29, 0.717) is 16.5 Å². The van der Waals surface area contributed by atoms with E-state index in [9.17, 15) is 9.90 Å². The summed E-state index contributed by atoms with van der Waals surface area (Å²) in [6.07, 6.45) is 2.56. The molecular formula is C17H13N5O4. The Morgan fingerprint density at radius 2 is 2.00 bits per heavy atom. The summed E-state index contributed by atoms with van der Waals surface area (Å²) in [5.74, 6) is -1.11. The van der Waals surface area contributed by atoms with Gasteiger partial charge in [-0.25, -0.2) is 14.8 Å². The third-order valence-corrected chi connectivity index (χ3v) is 3.87. The Bertz CT molecular complexity index is 1110. The Hall–Kier alpha value is -3.59. The Balaban J connectivity index is 2.05. The van der Waals surface area contributed by atoms with Gasteiger partial charge in [0.25, 0.3) is 0 Å². The van der Waals surface area contributed by atoms with Gasteiger partial charge in [-0.3, -0.25) is 0 Å². The highest BCUT2D eigenvalue weighted by Gasteiger charge is 2.23. The molecule has 0 fully saturated rings. The van der Waals surface area contributed by atoms with E-state index < -0.39 is 5.97 Å². The molecule has 0 aliphatic rings. The van der Waals surface area contributed by atoms with Crippen molar-refractivity contribution in [1.29, 1.82) is 0 Å². The number of rotatable bonds is 5. The lowest BCUT2D eigenvalue weighted by molar-refractivity contribution is 0.0684. The molecule has 9 nitrogen and oxygen atoms in total. The standard InChI is InChI=1S/C17H13N5O4/c1-25-6-10-12-9-4-2-3-5-11(9)21-14(12)15(22-13(10)16(23)24)26-17-19-7-18-8-20-17/h2-5,7-8,21H,6H2,1H3,(H,23,24). The van der Waals surface area contributed by atoms with Gasteiger partial charge in [0, 0.05) is 29.0 Å². The van der Waals surface area contributed by atoms with Crippen LogP contribution in [0, 0.1) is 0 Å². The maximum Gasteiger partial charge on any atom is 0.355 e. The minimum Gasteiger partial charge on any atom is -0.476 e. The summed E-state index contributed by atoms with van der Waals surface area (Å²) in [5.41, 5.74) is 1.69. The summed E-state index contributed by atoms with van der Waals surface area (Å²) in [5, 5.41) is 11.2. The molecule has 0 atom stereocenters. The zero-order valence-electron chi connectivity index (χ0n) is 13.6. The van der Waals surface area contributed by atoms with Gasteiger partial charge in [-0.2, -0.15) is 9.97 Å². The number of para-hydroxylation sites is 1. The van der Waals surface area contributed by atoms with Crippen LogP contribution >= 0.6 is 0 Å². The maximum atomic E-state index is 11.8. The maximum absolute atomic E-state index is 11.8. The van der Waals surface area contributed by atoms with E-state index in [2.05, 4.69) is 24.9 Å². The van der Waals surface area contributed by atoms with Crippen molar-refractivity contribution in [1.82, 2.24) is 24.9 Å². The second kappa shape index (κ2) is 6.37. The first-order chi connectivity index (χ1) is 12.7. The molecule has 0 aliphatic carbocycles. The number of carboxylic acid groups (broad SMARTS) is 1. The summed E-state index contributed by atoms with van der Waals surface area (Å²) < 4.78 is 10.8. The van der Waals surface area contributed by atoms with Crippen LogP contribution < -0.4 is 4.74 Å². The fraction of sp³-hybridized carbons (Fsp3) is 0.118. The van der Waals surface area contributed by atoms with Crippen LogP contribution in [-0.4, -0.2) is 43.1 Å². The van der Waals surface area contributed by atoms with E-state index in [-0.39, 0.29) is 24.2 Å². The Morgan fingerprint density at radius 3 is 2.73 bits per heavy atom. The smallest absolute Gasteiger partial charge is 0.355 e. The first-order valence-electron chi connectivity index (χ1n) is 7.64. The van der Waals surface area contributed by atoms with E-state index in [0.717, 1.165) is 10.9 Å². The number of ether oxygens (including phenoxy) is 2. The van der Waals surface area contributed by atoms with Crippen LogP contribution in [0.2, 0.25) is 0 Å². The molecule has 4 aromatic rings. The van der Waals surface area contributed by atoms with Crippen LogP contribution in [0.1, 0.15) is 16.1 Å². The molecule has 0 amide bonds. The zero-order valence-corrected chi connectivity index (χ0v) is 13.6. The Kier molecular flexibility index (Phi) is 3.90. The van der Waals surface area contributed by atoms with Crippen molar-refractivity contribution in [2.45, 2.75) is 6.61 Å². The largest absolute Gasteiger partial charge is 0.476 e. The third-order valence-electron chi connectivity index (χ3n) is 3.87. The third kappa shape index (κ3) is 2.60. The highest BCUT2D eigenvalue weighted by atomic mass is 16.5. The molecule has 2 N–H and O–H groups in total. The van der Waals surface area contributed by atoms with Gasteiger partial charge in [-0.1, -0.05) is 18.2 Å². The van der Waals surface area contributed by atoms with Crippen LogP contribution in [0.5, 0.6) is 11.9 Å². The quantitative estimate of drug-likeness (QED) is 0.562. The van der Waals surface area contributed by atoms with Gasteiger partial charge in [0.2, 0.25) is 5.88 Å². The lowest BCUT2D eigenvalue weighted by Gasteiger charge is -2.10. The number of aromatic amines is 1. The molecule has 0 radical (unpaired) electrons. The summed E-state index contributed by atoms with van der Waals surface area (Å²) in [7, 11) is 1.50. The molecule has 9 heteroatoms. The second-order valence-electron chi connectivity index (χ2n) is 5.43. The second-order valence-corrected chi connectivity index (χ2v) is 5.43. The molecule has 26 heavy (non-hydrogen) atoms. The molecule has 0 bridgehead atoms. The minimum atomic E-state index is -1.18. The number of fused-ring (bicyclic) bond motifs is 3. The van der Waals surface area contributed by atoms with Gasteiger partial charge in [-0.15, -0.1) is 0 Å². The summed E-state index contributed by atoms with van der Waals surface area (Å²) in [4.78, 5) is 30.7. The van der Waals surface area contributed by atoms with Crippen molar-refractivity contribution in [3.05, 3.63) is 48.2 Å². The predicted molar refractivity (Wildman–Crippen MR) is 91.2 cm³/mol. The van der Waals surface area contributed by atoms with Crippen molar-refractivity contribution in [3.8, 4) is 11.9 Å². The van der Waals surface area contributed by atoms with Gasteiger partial charge < -0.3 is 19.6 Å². The lowest BCUT2D eigenvalue weighted by atomic mass is 10.1. The fourth-order valence-electron chi connectivity index (χ4n) is 2.86. The Labute approximate surface area is 146 Å². The number of nitrogens with zero attached hydrogens (tertiary/aromatic N) is 4. The number of hydrogen-bond acceptors (Lipinski definition) is 7. The molecule has 0 aliphatic heterocycles.